The highest BCUT2D eigenvalue weighted by Crippen LogP contribution is 2.32. The van der Waals surface area contributed by atoms with Crippen molar-refractivity contribution in [3.05, 3.63) is 47.1 Å². The average Bonchev–Trinajstić information content (AvgIpc) is 2.63. The average molecular weight is 362 g/mol. The van der Waals surface area contributed by atoms with E-state index < -0.39 is 0 Å². The van der Waals surface area contributed by atoms with E-state index in [0.717, 1.165) is 17.1 Å². The zero-order valence-corrected chi connectivity index (χ0v) is 14.7. The quantitative estimate of drug-likeness (QED) is 0.826. The summed E-state index contributed by atoms with van der Waals surface area (Å²) in [4.78, 5) is 16.2. The molecule has 1 aliphatic heterocycles. The van der Waals surface area contributed by atoms with Gasteiger partial charge in [-0.15, -0.1) is 0 Å². The predicted molar refractivity (Wildman–Crippen MR) is 96.3 cm³/mol. The van der Waals surface area contributed by atoms with Gasteiger partial charge in [-0.3, -0.25) is 4.79 Å². The molecule has 132 valence electrons. The molecule has 1 aromatic carbocycles. The molecule has 0 fully saturated rings. The SMILES string of the molecule is C[C@H](NC(=O)CCNc1ccc(Cl)cn1)c1ccc2c(c1)OCCO2. The van der Waals surface area contributed by atoms with Crippen molar-refractivity contribution in [2.75, 3.05) is 25.1 Å². The molecule has 7 heteroatoms. The van der Waals surface area contributed by atoms with Gasteiger partial charge in [0, 0.05) is 19.2 Å². The molecule has 1 aromatic heterocycles. The molecular weight excluding hydrogens is 342 g/mol. The molecular formula is C18H20ClN3O3. The minimum absolute atomic E-state index is 0.0381. The number of benzene rings is 1. The van der Waals surface area contributed by atoms with Crippen LogP contribution in [0.4, 0.5) is 5.82 Å². The summed E-state index contributed by atoms with van der Waals surface area (Å²) in [5.41, 5.74) is 0.977. The van der Waals surface area contributed by atoms with E-state index in [1.54, 1.807) is 18.3 Å². The molecule has 25 heavy (non-hydrogen) atoms. The fraction of sp³-hybridized carbons (Fsp3) is 0.333. The van der Waals surface area contributed by atoms with Gasteiger partial charge in [0.25, 0.3) is 0 Å². The first-order valence-corrected chi connectivity index (χ1v) is 8.54. The zero-order chi connectivity index (χ0) is 17.6. The predicted octanol–water partition coefficient (Wildman–Crippen LogP) is 3.19. The Bertz CT molecular complexity index is 737. The molecule has 0 spiro atoms. The normalized spacial score (nSPS) is 13.8. The van der Waals surface area contributed by atoms with Crippen molar-refractivity contribution in [1.82, 2.24) is 10.3 Å². The molecule has 1 atom stereocenters. The zero-order valence-electron chi connectivity index (χ0n) is 13.9. The first-order chi connectivity index (χ1) is 12.1. The second-order valence-corrected chi connectivity index (χ2v) is 6.17. The molecule has 2 N–H and O–H groups in total. The standard InChI is InChI=1S/C18H20ClN3O3/c1-12(13-2-4-15-16(10-13)25-9-8-24-15)22-18(23)6-7-20-17-5-3-14(19)11-21-17/h2-5,10-12H,6-9H2,1H3,(H,20,21)(H,22,23)/t12-/m0/s1. The van der Waals surface area contributed by atoms with Crippen LogP contribution in [0.15, 0.2) is 36.5 Å². The summed E-state index contributed by atoms with van der Waals surface area (Å²) in [6.45, 7) is 3.54. The Hall–Kier alpha value is -2.47. The number of ether oxygens (including phenoxy) is 2. The Morgan fingerprint density at radius 3 is 2.80 bits per heavy atom. The lowest BCUT2D eigenvalue weighted by Gasteiger charge is -2.21. The number of anilines is 1. The van der Waals surface area contributed by atoms with Gasteiger partial charge in [-0.05, 0) is 36.8 Å². The largest absolute Gasteiger partial charge is 0.486 e. The summed E-state index contributed by atoms with van der Waals surface area (Å²) in [7, 11) is 0. The molecule has 2 heterocycles. The third-order valence-corrected chi connectivity index (χ3v) is 4.05. The first-order valence-electron chi connectivity index (χ1n) is 8.16. The molecule has 0 saturated heterocycles. The minimum atomic E-state index is -0.114. The van der Waals surface area contributed by atoms with Crippen LogP contribution in [0.3, 0.4) is 0 Å². The Labute approximate surface area is 151 Å². The van der Waals surface area contributed by atoms with Gasteiger partial charge in [-0.25, -0.2) is 4.98 Å². The van der Waals surface area contributed by atoms with Crippen LogP contribution < -0.4 is 20.1 Å². The minimum Gasteiger partial charge on any atom is -0.486 e. The van der Waals surface area contributed by atoms with Crippen LogP contribution in [-0.4, -0.2) is 30.6 Å². The molecule has 3 rings (SSSR count). The van der Waals surface area contributed by atoms with Crippen molar-refractivity contribution >= 4 is 23.3 Å². The van der Waals surface area contributed by atoms with E-state index in [-0.39, 0.29) is 11.9 Å². The van der Waals surface area contributed by atoms with Crippen molar-refractivity contribution in [3.63, 3.8) is 0 Å². The monoisotopic (exact) mass is 361 g/mol. The number of carbonyl (C=O) groups is 1. The fourth-order valence-corrected chi connectivity index (χ4v) is 2.62. The van der Waals surface area contributed by atoms with Gasteiger partial charge in [0.2, 0.25) is 5.91 Å². The van der Waals surface area contributed by atoms with E-state index in [1.165, 1.54) is 0 Å². The second kappa shape index (κ2) is 8.07. The third-order valence-electron chi connectivity index (χ3n) is 3.83. The van der Waals surface area contributed by atoms with E-state index >= 15 is 0 Å². The van der Waals surface area contributed by atoms with E-state index in [0.29, 0.717) is 37.0 Å². The Morgan fingerprint density at radius 1 is 1.24 bits per heavy atom. The molecule has 0 saturated carbocycles. The maximum atomic E-state index is 12.1. The van der Waals surface area contributed by atoms with Gasteiger partial charge in [0.05, 0.1) is 11.1 Å². The third kappa shape index (κ3) is 4.76. The summed E-state index contributed by atoms with van der Waals surface area (Å²) < 4.78 is 11.1. The Balaban J connectivity index is 1.48. The van der Waals surface area contributed by atoms with E-state index in [9.17, 15) is 4.79 Å². The molecule has 0 bridgehead atoms. The number of nitrogens with one attached hydrogen (secondary N) is 2. The Kier molecular flexibility index (Phi) is 5.60. The topological polar surface area (TPSA) is 72.5 Å². The highest BCUT2D eigenvalue weighted by Gasteiger charge is 2.15. The number of nitrogens with zero attached hydrogens (tertiary/aromatic N) is 1. The molecule has 0 aliphatic carbocycles. The van der Waals surface area contributed by atoms with Gasteiger partial charge >= 0.3 is 0 Å². The first kappa shape index (κ1) is 17.4. The number of carbonyl (C=O) groups excluding carboxylic acids is 1. The molecule has 1 amide bonds. The van der Waals surface area contributed by atoms with Crippen molar-refractivity contribution in [2.45, 2.75) is 19.4 Å². The number of aromatic nitrogens is 1. The van der Waals surface area contributed by atoms with Gasteiger partial charge in [0.1, 0.15) is 19.0 Å². The number of hydrogen-bond donors (Lipinski definition) is 2. The summed E-state index contributed by atoms with van der Waals surface area (Å²) in [5, 5.41) is 6.65. The summed E-state index contributed by atoms with van der Waals surface area (Å²) in [6, 6.07) is 9.14. The summed E-state index contributed by atoms with van der Waals surface area (Å²) >= 11 is 5.78. The number of hydrogen-bond acceptors (Lipinski definition) is 5. The van der Waals surface area contributed by atoms with Crippen LogP contribution in [0, 0.1) is 0 Å². The highest BCUT2D eigenvalue weighted by molar-refractivity contribution is 6.30. The Morgan fingerprint density at radius 2 is 2.04 bits per heavy atom. The number of pyridine rings is 1. The second-order valence-electron chi connectivity index (χ2n) is 5.73. The summed E-state index contributed by atoms with van der Waals surface area (Å²) in [6.07, 6.45) is 1.91. The number of rotatable bonds is 6. The van der Waals surface area contributed by atoms with Gasteiger partial charge in [0.15, 0.2) is 11.5 Å². The van der Waals surface area contributed by atoms with Crippen molar-refractivity contribution in [2.24, 2.45) is 0 Å². The number of halogens is 1. The summed E-state index contributed by atoms with van der Waals surface area (Å²) in [5.74, 6) is 2.12. The lowest BCUT2D eigenvalue weighted by molar-refractivity contribution is -0.121. The van der Waals surface area contributed by atoms with E-state index in [1.807, 2.05) is 25.1 Å². The van der Waals surface area contributed by atoms with Gasteiger partial charge in [-0.2, -0.15) is 0 Å². The lowest BCUT2D eigenvalue weighted by atomic mass is 10.1. The maximum Gasteiger partial charge on any atom is 0.222 e. The van der Waals surface area contributed by atoms with E-state index in [2.05, 4.69) is 15.6 Å². The van der Waals surface area contributed by atoms with Crippen molar-refractivity contribution < 1.29 is 14.3 Å². The van der Waals surface area contributed by atoms with Crippen molar-refractivity contribution in [3.8, 4) is 11.5 Å². The van der Waals surface area contributed by atoms with Crippen molar-refractivity contribution in [1.29, 1.82) is 0 Å². The van der Waals surface area contributed by atoms with Gasteiger partial charge in [-0.1, -0.05) is 17.7 Å². The molecule has 0 radical (unpaired) electrons. The van der Waals surface area contributed by atoms with Crippen LogP contribution >= 0.6 is 11.6 Å². The molecule has 2 aromatic rings. The van der Waals surface area contributed by atoms with Crippen LogP contribution in [0.2, 0.25) is 5.02 Å². The molecule has 6 nitrogen and oxygen atoms in total. The fourth-order valence-electron chi connectivity index (χ4n) is 2.51. The molecule has 1 aliphatic rings. The van der Waals surface area contributed by atoms with Crippen LogP contribution in [-0.2, 0) is 4.79 Å². The lowest BCUT2D eigenvalue weighted by Crippen LogP contribution is -2.28. The molecule has 0 unspecified atom stereocenters. The highest BCUT2D eigenvalue weighted by atomic mass is 35.5. The van der Waals surface area contributed by atoms with Crippen LogP contribution in [0.1, 0.15) is 24.9 Å². The number of fused-ring (bicyclic) bond motifs is 1. The van der Waals surface area contributed by atoms with Crippen LogP contribution in [0.25, 0.3) is 0 Å². The van der Waals surface area contributed by atoms with E-state index in [4.69, 9.17) is 21.1 Å². The van der Waals surface area contributed by atoms with Crippen LogP contribution in [0.5, 0.6) is 11.5 Å². The maximum absolute atomic E-state index is 12.1. The van der Waals surface area contributed by atoms with Gasteiger partial charge < -0.3 is 20.1 Å². The smallest absolute Gasteiger partial charge is 0.222 e. The number of amides is 1.